The molecule has 0 unspecified atom stereocenters. The second-order valence-electron chi connectivity index (χ2n) is 6.95. The first-order valence-electron chi connectivity index (χ1n) is 9.09. The van der Waals surface area contributed by atoms with Crippen LogP contribution in [-0.4, -0.2) is 40.6 Å². The van der Waals surface area contributed by atoms with Crippen molar-refractivity contribution < 1.29 is 18.8 Å². The smallest absolute Gasteiger partial charge is 0.344 e. The molecule has 0 saturated carbocycles. The molecule has 1 amide bonds. The maximum Gasteiger partial charge on any atom is 0.344 e. The molecular weight excluding hydrogens is 368 g/mol. The van der Waals surface area contributed by atoms with Gasteiger partial charge in [0.15, 0.2) is 6.61 Å². The SMILES string of the molecule is Cc1onc(-c2ccccc2Cl)c1C(=O)OCC(=O)N1[C@H](C)CCC[C@H]1C. The van der Waals surface area contributed by atoms with E-state index in [9.17, 15) is 9.59 Å². The van der Waals surface area contributed by atoms with Crippen LogP contribution < -0.4 is 0 Å². The number of hydrogen-bond donors (Lipinski definition) is 0. The Morgan fingerprint density at radius 2 is 1.93 bits per heavy atom. The Morgan fingerprint density at radius 3 is 2.59 bits per heavy atom. The number of hydrogen-bond acceptors (Lipinski definition) is 5. The van der Waals surface area contributed by atoms with Crippen LogP contribution in [0.4, 0.5) is 0 Å². The number of esters is 1. The summed E-state index contributed by atoms with van der Waals surface area (Å²) in [7, 11) is 0. The summed E-state index contributed by atoms with van der Waals surface area (Å²) in [6, 6.07) is 7.34. The number of rotatable bonds is 4. The van der Waals surface area contributed by atoms with Crippen LogP contribution in [0.25, 0.3) is 11.3 Å². The first kappa shape index (κ1) is 19.4. The number of benzene rings is 1. The number of aromatic nitrogens is 1. The third kappa shape index (κ3) is 4.00. The normalized spacial score (nSPS) is 19.8. The molecule has 0 aliphatic carbocycles. The Morgan fingerprint density at radius 1 is 1.26 bits per heavy atom. The number of ether oxygens (including phenoxy) is 1. The summed E-state index contributed by atoms with van der Waals surface area (Å²) in [6.45, 7) is 5.37. The average molecular weight is 391 g/mol. The van der Waals surface area contributed by atoms with Gasteiger partial charge in [0.05, 0.1) is 5.02 Å². The van der Waals surface area contributed by atoms with Gasteiger partial charge in [-0.15, -0.1) is 0 Å². The molecule has 0 radical (unpaired) electrons. The number of halogens is 1. The van der Waals surface area contributed by atoms with Crippen molar-refractivity contribution >= 4 is 23.5 Å². The highest BCUT2D eigenvalue weighted by atomic mass is 35.5. The second-order valence-corrected chi connectivity index (χ2v) is 7.36. The van der Waals surface area contributed by atoms with Crippen molar-refractivity contribution in [3.05, 3.63) is 40.6 Å². The van der Waals surface area contributed by atoms with E-state index in [1.54, 1.807) is 31.2 Å². The van der Waals surface area contributed by atoms with Crippen LogP contribution in [0, 0.1) is 6.92 Å². The van der Waals surface area contributed by atoms with Crippen LogP contribution >= 0.6 is 11.6 Å². The van der Waals surface area contributed by atoms with E-state index < -0.39 is 5.97 Å². The summed E-state index contributed by atoms with van der Waals surface area (Å²) < 4.78 is 10.5. The summed E-state index contributed by atoms with van der Waals surface area (Å²) in [5.74, 6) is -0.507. The lowest BCUT2D eigenvalue weighted by Gasteiger charge is -2.38. The van der Waals surface area contributed by atoms with Gasteiger partial charge >= 0.3 is 5.97 Å². The molecule has 1 aliphatic rings. The van der Waals surface area contributed by atoms with Gasteiger partial charge < -0.3 is 14.2 Å². The lowest BCUT2D eigenvalue weighted by molar-refractivity contribution is -0.140. The van der Waals surface area contributed by atoms with Crippen LogP contribution in [0.5, 0.6) is 0 Å². The molecule has 27 heavy (non-hydrogen) atoms. The monoisotopic (exact) mass is 390 g/mol. The van der Waals surface area contributed by atoms with Crippen LogP contribution in [0.3, 0.4) is 0 Å². The highest BCUT2D eigenvalue weighted by Crippen LogP contribution is 2.31. The third-order valence-corrected chi connectivity index (χ3v) is 5.33. The van der Waals surface area contributed by atoms with Gasteiger partial charge in [-0.2, -0.15) is 0 Å². The fraction of sp³-hybridized carbons (Fsp3) is 0.450. The Bertz CT molecular complexity index is 838. The summed E-state index contributed by atoms with van der Waals surface area (Å²) in [5, 5.41) is 4.40. The van der Waals surface area contributed by atoms with E-state index in [1.807, 2.05) is 18.7 Å². The summed E-state index contributed by atoms with van der Waals surface area (Å²) in [4.78, 5) is 27.0. The van der Waals surface area contributed by atoms with E-state index in [0.29, 0.717) is 22.0 Å². The first-order chi connectivity index (χ1) is 12.9. The maximum absolute atomic E-state index is 12.6. The Balaban J connectivity index is 1.75. The molecule has 6 nitrogen and oxygen atoms in total. The minimum Gasteiger partial charge on any atom is -0.452 e. The highest BCUT2D eigenvalue weighted by Gasteiger charge is 2.30. The van der Waals surface area contributed by atoms with Crippen molar-refractivity contribution in [3.63, 3.8) is 0 Å². The fourth-order valence-corrected chi connectivity index (χ4v) is 3.86. The van der Waals surface area contributed by atoms with Crippen molar-refractivity contribution in [1.82, 2.24) is 10.1 Å². The Hall–Kier alpha value is -2.34. The predicted molar refractivity (Wildman–Crippen MR) is 102 cm³/mol. The quantitative estimate of drug-likeness (QED) is 0.729. The van der Waals surface area contributed by atoms with Gasteiger partial charge in [0.2, 0.25) is 0 Å². The molecule has 0 N–H and O–H groups in total. The Kier molecular flexibility index (Phi) is 5.85. The number of piperidine rings is 1. The van der Waals surface area contributed by atoms with Gasteiger partial charge in [-0.1, -0.05) is 35.0 Å². The van der Waals surface area contributed by atoms with E-state index >= 15 is 0 Å². The molecule has 1 aromatic heterocycles. The molecule has 0 spiro atoms. The number of amides is 1. The number of carbonyl (C=O) groups is 2. The molecule has 3 rings (SSSR count). The minimum atomic E-state index is -0.644. The van der Waals surface area contributed by atoms with Crippen molar-refractivity contribution in [2.24, 2.45) is 0 Å². The van der Waals surface area contributed by atoms with Gasteiger partial charge in [0.25, 0.3) is 5.91 Å². The van der Waals surface area contributed by atoms with Gasteiger partial charge in [-0.25, -0.2) is 4.79 Å². The number of likely N-dealkylation sites (tertiary alicyclic amines) is 1. The minimum absolute atomic E-state index is 0.149. The first-order valence-corrected chi connectivity index (χ1v) is 9.47. The number of aryl methyl sites for hydroxylation is 1. The molecule has 2 atom stereocenters. The summed E-state index contributed by atoms with van der Waals surface area (Å²) in [5.41, 5.74) is 1.08. The average Bonchev–Trinajstić information content (AvgIpc) is 3.01. The zero-order valence-corrected chi connectivity index (χ0v) is 16.5. The van der Waals surface area contributed by atoms with Gasteiger partial charge in [0, 0.05) is 17.6 Å². The van der Waals surface area contributed by atoms with E-state index in [-0.39, 0.29) is 30.2 Å². The maximum atomic E-state index is 12.6. The molecule has 1 aromatic carbocycles. The summed E-state index contributed by atoms with van der Waals surface area (Å²) in [6.07, 6.45) is 3.03. The van der Waals surface area contributed by atoms with E-state index in [1.165, 1.54) is 0 Å². The van der Waals surface area contributed by atoms with Crippen LogP contribution in [-0.2, 0) is 9.53 Å². The van der Waals surface area contributed by atoms with E-state index in [0.717, 1.165) is 19.3 Å². The van der Waals surface area contributed by atoms with Crippen molar-refractivity contribution in [1.29, 1.82) is 0 Å². The lowest BCUT2D eigenvalue weighted by Crippen LogP contribution is -2.49. The second kappa shape index (κ2) is 8.13. The van der Waals surface area contributed by atoms with Crippen LogP contribution in [0.15, 0.2) is 28.8 Å². The largest absolute Gasteiger partial charge is 0.452 e. The van der Waals surface area contributed by atoms with E-state index in [4.69, 9.17) is 20.9 Å². The molecule has 7 heteroatoms. The molecule has 2 aromatic rings. The molecule has 0 bridgehead atoms. The molecule has 2 heterocycles. The molecule has 1 aliphatic heterocycles. The zero-order chi connectivity index (χ0) is 19.6. The van der Waals surface area contributed by atoms with Crippen molar-refractivity contribution in [3.8, 4) is 11.3 Å². The third-order valence-electron chi connectivity index (χ3n) is 5.00. The van der Waals surface area contributed by atoms with Crippen molar-refractivity contribution in [2.45, 2.75) is 52.1 Å². The number of nitrogens with zero attached hydrogens (tertiary/aromatic N) is 2. The van der Waals surface area contributed by atoms with E-state index in [2.05, 4.69) is 5.16 Å². The van der Waals surface area contributed by atoms with Gasteiger partial charge in [-0.05, 0) is 46.1 Å². The zero-order valence-electron chi connectivity index (χ0n) is 15.7. The standard InChI is InChI=1S/C20H23ClN2O4/c1-12-7-6-8-13(2)23(12)17(24)11-26-20(25)18-14(3)27-22-19(18)15-9-4-5-10-16(15)21/h4-5,9-10,12-13H,6-8,11H2,1-3H3/t12-,13-/m1/s1. The summed E-state index contributed by atoms with van der Waals surface area (Å²) >= 11 is 6.21. The number of carbonyl (C=O) groups excluding carboxylic acids is 2. The lowest BCUT2D eigenvalue weighted by atomic mass is 9.97. The predicted octanol–water partition coefficient (Wildman–Crippen LogP) is 4.25. The highest BCUT2D eigenvalue weighted by molar-refractivity contribution is 6.33. The molecule has 1 saturated heterocycles. The van der Waals surface area contributed by atoms with Crippen molar-refractivity contribution in [2.75, 3.05) is 6.61 Å². The van der Waals surface area contributed by atoms with Crippen LogP contribution in [0.1, 0.15) is 49.2 Å². The topological polar surface area (TPSA) is 72.6 Å². The molecule has 1 fully saturated rings. The van der Waals surface area contributed by atoms with Gasteiger partial charge in [-0.3, -0.25) is 4.79 Å². The van der Waals surface area contributed by atoms with Gasteiger partial charge in [0.1, 0.15) is 17.0 Å². The molecule has 144 valence electrons. The fourth-order valence-electron chi connectivity index (χ4n) is 3.64. The Labute approximate surface area is 163 Å². The van der Waals surface area contributed by atoms with Crippen LogP contribution in [0.2, 0.25) is 5.02 Å². The molecular formula is C20H23ClN2O4.